The molecule has 4 nitrogen and oxygen atoms in total. The molecule has 0 spiro atoms. The van der Waals surface area contributed by atoms with E-state index in [1.807, 2.05) is 0 Å². The van der Waals surface area contributed by atoms with Crippen LogP contribution in [0.2, 0.25) is 0 Å². The molecule has 4 aliphatic carbocycles. The largest absolute Gasteiger partial charge is 0.478 e. The maximum absolute atomic E-state index is 6.32. The maximum atomic E-state index is 6.32. The Morgan fingerprint density at radius 2 is 1.62 bits per heavy atom. The summed E-state index contributed by atoms with van der Waals surface area (Å²) in [6.07, 6.45) is 16.3. The predicted molar refractivity (Wildman–Crippen MR) is 131 cm³/mol. The molecular weight excluding hydrogens is 394 g/mol. The van der Waals surface area contributed by atoms with E-state index in [0.29, 0.717) is 11.5 Å². The van der Waals surface area contributed by atoms with Crippen molar-refractivity contribution in [3.05, 3.63) is 41.7 Å². The lowest BCUT2D eigenvalue weighted by Crippen LogP contribution is -2.50. The van der Waals surface area contributed by atoms with Crippen LogP contribution in [0.3, 0.4) is 0 Å². The van der Waals surface area contributed by atoms with E-state index in [4.69, 9.17) is 9.73 Å². The first-order valence-corrected chi connectivity index (χ1v) is 13.2. The highest BCUT2D eigenvalue weighted by molar-refractivity contribution is 5.84. The number of ether oxygens (including phenoxy) is 1. The highest BCUT2D eigenvalue weighted by atomic mass is 16.5. The van der Waals surface area contributed by atoms with E-state index < -0.39 is 0 Å². The monoisotopic (exact) mass is 433 g/mol. The molecule has 4 bridgehead atoms. The fourth-order valence-corrected chi connectivity index (χ4v) is 7.88. The van der Waals surface area contributed by atoms with E-state index in [1.165, 1.54) is 55.3 Å². The Bertz CT molecular complexity index is 862. The molecule has 0 radical (unpaired) electrons. The molecular formula is C28H39N3O. The van der Waals surface area contributed by atoms with Crippen molar-refractivity contribution in [2.45, 2.75) is 77.7 Å². The number of rotatable bonds is 7. The second kappa shape index (κ2) is 8.11. The normalized spacial score (nSPS) is 35.0. The van der Waals surface area contributed by atoms with Gasteiger partial charge in [-0.05, 0) is 86.7 Å². The zero-order valence-corrected chi connectivity index (χ0v) is 19.9. The van der Waals surface area contributed by atoms with Crippen molar-refractivity contribution in [3.63, 3.8) is 0 Å². The third-order valence-electron chi connectivity index (χ3n) is 9.00. The van der Waals surface area contributed by atoms with Crippen LogP contribution in [0.5, 0.6) is 0 Å². The molecule has 2 aliphatic heterocycles. The summed E-state index contributed by atoms with van der Waals surface area (Å²) in [7, 11) is 0. The number of hydrogen-bond donors (Lipinski definition) is 0. The zero-order chi connectivity index (χ0) is 21.7. The Morgan fingerprint density at radius 3 is 2.25 bits per heavy atom. The van der Waals surface area contributed by atoms with Crippen LogP contribution in [0.4, 0.5) is 5.69 Å². The highest BCUT2D eigenvalue weighted by Crippen LogP contribution is 2.61. The summed E-state index contributed by atoms with van der Waals surface area (Å²) < 4.78 is 6.32. The molecule has 0 saturated heterocycles. The van der Waals surface area contributed by atoms with Crippen LogP contribution in [0.1, 0.15) is 69.9 Å². The number of para-hydroxylation sites is 1. The summed E-state index contributed by atoms with van der Waals surface area (Å²) in [6, 6.07) is 7.11. The number of benzene rings is 1. The van der Waals surface area contributed by atoms with Gasteiger partial charge >= 0.3 is 0 Å². The van der Waals surface area contributed by atoms with Gasteiger partial charge in [-0.2, -0.15) is 0 Å². The smallest absolute Gasteiger partial charge is 0.190 e. The van der Waals surface area contributed by atoms with Crippen molar-refractivity contribution in [1.29, 1.82) is 0 Å². The number of anilines is 1. The minimum atomic E-state index is 0.314. The van der Waals surface area contributed by atoms with Crippen LogP contribution in [-0.4, -0.2) is 36.7 Å². The highest BCUT2D eigenvalue weighted by Gasteiger charge is 2.55. The van der Waals surface area contributed by atoms with E-state index >= 15 is 0 Å². The van der Waals surface area contributed by atoms with Gasteiger partial charge in [-0.3, -0.25) is 0 Å². The number of aryl methyl sites for hydroxylation is 2. The second-order valence-corrected chi connectivity index (χ2v) is 11.2. The van der Waals surface area contributed by atoms with Gasteiger partial charge in [0.2, 0.25) is 0 Å². The minimum Gasteiger partial charge on any atom is -0.478 e. The van der Waals surface area contributed by atoms with Crippen molar-refractivity contribution >= 4 is 11.6 Å². The molecule has 4 fully saturated rings. The van der Waals surface area contributed by atoms with Crippen LogP contribution in [0, 0.1) is 23.2 Å². The van der Waals surface area contributed by atoms with Gasteiger partial charge in [0, 0.05) is 30.0 Å². The van der Waals surface area contributed by atoms with Crippen LogP contribution in [-0.2, 0) is 17.6 Å². The first kappa shape index (κ1) is 20.6. The summed E-state index contributed by atoms with van der Waals surface area (Å²) in [5, 5.41) is 0. The van der Waals surface area contributed by atoms with Gasteiger partial charge in [0.25, 0.3) is 0 Å². The fraction of sp³-hybridized carbons (Fsp3) is 0.679. The standard InChI is InChI=1S/C28H39N3O/c1-3-23-6-5-7-24(4-2)26(23)31-11-10-30(19-31)9-8-25-18-32-27(29-25)28-15-20-12-21(16-28)14-22(13-20)17-28/h5-7,10-11,20-22,25H,3-4,8-9,12-19H2,1-2H3/t20?,21?,22?,25-,28?/m0/s1. The number of hydrogen-bond acceptors (Lipinski definition) is 4. The lowest BCUT2D eigenvalue weighted by molar-refractivity contribution is -0.0226. The predicted octanol–water partition coefficient (Wildman–Crippen LogP) is 5.77. The Kier molecular flexibility index (Phi) is 5.23. The fourth-order valence-electron chi connectivity index (χ4n) is 7.88. The van der Waals surface area contributed by atoms with Crippen LogP contribution in [0.15, 0.2) is 35.6 Å². The molecule has 4 heteroatoms. The van der Waals surface area contributed by atoms with Gasteiger partial charge in [-0.1, -0.05) is 32.0 Å². The van der Waals surface area contributed by atoms with Crippen molar-refractivity contribution < 1.29 is 4.74 Å². The summed E-state index contributed by atoms with van der Waals surface area (Å²) >= 11 is 0. The number of aliphatic imine (C=N–C) groups is 1. The quantitative estimate of drug-likeness (QED) is 0.547. The summed E-state index contributed by atoms with van der Waals surface area (Å²) in [4.78, 5) is 10.1. The van der Waals surface area contributed by atoms with E-state index in [2.05, 4.69) is 54.2 Å². The maximum Gasteiger partial charge on any atom is 0.190 e. The molecule has 4 saturated carbocycles. The van der Waals surface area contributed by atoms with Gasteiger partial charge in [0.15, 0.2) is 5.90 Å². The van der Waals surface area contributed by atoms with Gasteiger partial charge in [-0.15, -0.1) is 0 Å². The molecule has 1 aromatic carbocycles. The lowest BCUT2D eigenvalue weighted by Gasteiger charge is -2.56. The third-order valence-corrected chi connectivity index (χ3v) is 9.00. The van der Waals surface area contributed by atoms with E-state index in [-0.39, 0.29) is 0 Å². The molecule has 0 unspecified atom stereocenters. The van der Waals surface area contributed by atoms with E-state index in [1.54, 1.807) is 0 Å². The molecule has 172 valence electrons. The Labute approximate surface area is 193 Å². The average molecular weight is 434 g/mol. The molecule has 32 heavy (non-hydrogen) atoms. The molecule has 7 rings (SSSR count). The third kappa shape index (κ3) is 3.54. The first-order valence-electron chi connectivity index (χ1n) is 13.2. The topological polar surface area (TPSA) is 28.1 Å². The van der Waals surface area contributed by atoms with Gasteiger partial charge in [-0.25, -0.2) is 4.99 Å². The van der Waals surface area contributed by atoms with Gasteiger partial charge in [0.1, 0.15) is 6.61 Å². The lowest BCUT2D eigenvalue weighted by atomic mass is 9.49. The van der Waals surface area contributed by atoms with Crippen molar-refractivity contribution in [3.8, 4) is 0 Å². The SMILES string of the molecule is CCc1cccc(CC)c1N1C=CN(CC[C@H]2COC(C34CC5CC(CC(C5)C3)C4)=N2)C1. The van der Waals surface area contributed by atoms with Crippen LogP contribution < -0.4 is 4.90 Å². The van der Waals surface area contributed by atoms with Crippen molar-refractivity contribution in [2.75, 3.05) is 24.7 Å². The first-order chi connectivity index (χ1) is 15.7. The molecule has 0 aromatic heterocycles. The molecule has 0 amide bonds. The second-order valence-electron chi connectivity index (χ2n) is 11.2. The molecule has 1 atom stereocenters. The minimum absolute atomic E-state index is 0.314. The number of nitrogens with zero attached hydrogens (tertiary/aromatic N) is 3. The van der Waals surface area contributed by atoms with Gasteiger partial charge in [0.05, 0.1) is 12.7 Å². The molecule has 6 aliphatic rings. The summed E-state index contributed by atoms with van der Waals surface area (Å²) in [5.74, 6) is 4.01. The molecule has 2 heterocycles. The Morgan fingerprint density at radius 1 is 0.969 bits per heavy atom. The van der Waals surface area contributed by atoms with E-state index in [9.17, 15) is 0 Å². The Hall–Kier alpha value is -1.97. The molecule has 0 N–H and O–H groups in total. The average Bonchev–Trinajstić information content (AvgIpc) is 3.46. The summed E-state index contributed by atoms with van der Waals surface area (Å²) in [6.45, 7) is 7.32. The van der Waals surface area contributed by atoms with Crippen LogP contribution in [0.25, 0.3) is 0 Å². The zero-order valence-electron chi connectivity index (χ0n) is 19.9. The molecule has 1 aromatic rings. The summed E-state index contributed by atoms with van der Waals surface area (Å²) in [5.41, 5.74) is 4.63. The van der Waals surface area contributed by atoms with Crippen LogP contribution >= 0.6 is 0 Å². The van der Waals surface area contributed by atoms with Gasteiger partial charge < -0.3 is 14.5 Å². The van der Waals surface area contributed by atoms with E-state index in [0.717, 1.165) is 62.7 Å². The Balaban J connectivity index is 1.08. The van der Waals surface area contributed by atoms with Crippen molar-refractivity contribution in [2.24, 2.45) is 28.2 Å². The van der Waals surface area contributed by atoms with Crippen molar-refractivity contribution in [1.82, 2.24) is 4.90 Å².